The molecule has 0 saturated carbocycles. The third-order valence-electron chi connectivity index (χ3n) is 3.47. The van der Waals surface area contributed by atoms with Gasteiger partial charge in [-0.25, -0.2) is 0 Å². The number of aromatic nitrogens is 1. The fraction of sp³-hybridized carbons (Fsp3) is 0.250. The van der Waals surface area contributed by atoms with Gasteiger partial charge in [0.05, 0.1) is 5.25 Å². The Labute approximate surface area is 133 Å². The SMILES string of the molecule is CSc1ccc(N2C(=O)C(C)SC2c2cccnc2)cc1. The Balaban J connectivity index is 1.97. The lowest BCUT2D eigenvalue weighted by molar-refractivity contribution is -0.117. The molecular weight excluding hydrogens is 300 g/mol. The number of hydrogen-bond donors (Lipinski definition) is 0. The van der Waals surface area contributed by atoms with Crippen LogP contribution in [0.25, 0.3) is 0 Å². The molecule has 2 aromatic rings. The van der Waals surface area contributed by atoms with Crippen molar-refractivity contribution < 1.29 is 4.79 Å². The standard InChI is InChI=1S/C16H16N2OS2/c1-11-15(19)18(13-5-7-14(20-2)8-6-13)16(21-11)12-4-3-9-17-10-12/h3-11,16H,1-2H3. The maximum absolute atomic E-state index is 12.5. The molecule has 2 atom stereocenters. The Bertz CT molecular complexity index is 630. The number of benzene rings is 1. The van der Waals surface area contributed by atoms with Crippen molar-refractivity contribution in [2.24, 2.45) is 0 Å². The predicted molar refractivity (Wildman–Crippen MR) is 89.7 cm³/mol. The summed E-state index contributed by atoms with van der Waals surface area (Å²) in [5.41, 5.74) is 2.01. The van der Waals surface area contributed by atoms with Crippen LogP contribution in [0.1, 0.15) is 17.9 Å². The van der Waals surface area contributed by atoms with Crippen molar-refractivity contribution in [3.8, 4) is 0 Å². The van der Waals surface area contributed by atoms with E-state index < -0.39 is 0 Å². The quantitative estimate of drug-likeness (QED) is 0.802. The zero-order valence-corrected chi connectivity index (χ0v) is 13.5. The molecule has 1 saturated heterocycles. The molecule has 5 heteroatoms. The molecule has 2 unspecified atom stereocenters. The second-order valence-corrected chi connectivity index (χ2v) is 7.13. The highest BCUT2D eigenvalue weighted by molar-refractivity contribution is 8.01. The molecular formula is C16H16N2OS2. The number of thioether (sulfide) groups is 2. The minimum atomic E-state index is -0.0320. The second-order valence-electron chi connectivity index (χ2n) is 4.82. The normalized spacial score (nSPS) is 21.8. The van der Waals surface area contributed by atoms with Crippen LogP contribution in [-0.4, -0.2) is 22.4 Å². The molecule has 2 heterocycles. The van der Waals surface area contributed by atoms with Gasteiger partial charge in [-0.2, -0.15) is 0 Å². The van der Waals surface area contributed by atoms with E-state index in [1.165, 1.54) is 4.90 Å². The van der Waals surface area contributed by atoms with Crippen LogP contribution < -0.4 is 4.90 Å². The molecule has 3 rings (SSSR count). The van der Waals surface area contributed by atoms with Gasteiger partial charge in [-0.15, -0.1) is 23.5 Å². The first-order valence-electron chi connectivity index (χ1n) is 6.73. The van der Waals surface area contributed by atoms with Crippen molar-refractivity contribution in [3.63, 3.8) is 0 Å². The van der Waals surface area contributed by atoms with E-state index >= 15 is 0 Å². The van der Waals surface area contributed by atoms with Crippen LogP contribution in [0.5, 0.6) is 0 Å². The Hall–Kier alpha value is -1.46. The van der Waals surface area contributed by atoms with Crippen LogP contribution in [0.3, 0.4) is 0 Å². The van der Waals surface area contributed by atoms with E-state index in [1.807, 2.05) is 48.5 Å². The van der Waals surface area contributed by atoms with E-state index in [4.69, 9.17) is 0 Å². The van der Waals surface area contributed by atoms with Crippen molar-refractivity contribution in [1.82, 2.24) is 4.98 Å². The summed E-state index contributed by atoms with van der Waals surface area (Å²) >= 11 is 3.37. The van der Waals surface area contributed by atoms with Crippen molar-refractivity contribution >= 4 is 35.1 Å². The molecule has 21 heavy (non-hydrogen) atoms. The van der Waals surface area contributed by atoms with Gasteiger partial charge in [0.25, 0.3) is 0 Å². The van der Waals surface area contributed by atoms with Gasteiger partial charge in [0.2, 0.25) is 5.91 Å². The third-order valence-corrected chi connectivity index (χ3v) is 5.57. The van der Waals surface area contributed by atoms with Crippen molar-refractivity contribution in [2.75, 3.05) is 11.2 Å². The van der Waals surface area contributed by atoms with Crippen molar-refractivity contribution in [1.29, 1.82) is 0 Å². The molecule has 0 spiro atoms. The second kappa shape index (κ2) is 6.12. The van der Waals surface area contributed by atoms with E-state index in [1.54, 1.807) is 29.7 Å². The summed E-state index contributed by atoms with van der Waals surface area (Å²) in [4.78, 5) is 19.8. The lowest BCUT2D eigenvalue weighted by Crippen LogP contribution is -2.30. The minimum Gasteiger partial charge on any atom is -0.295 e. The monoisotopic (exact) mass is 316 g/mol. The summed E-state index contributed by atoms with van der Waals surface area (Å²) < 4.78 is 0. The van der Waals surface area contributed by atoms with Gasteiger partial charge in [0.15, 0.2) is 0 Å². The number of amides is 1. The van der Waals surface area contributed by atoms with Crippen LogP contribution in [0.4, 0.5) is 5.69 Å². The van der Waals surface area contributed by atoms with Crippen LogP contribution in [0, 0.1) is 0 Å². The van der Waals surface area contributed by atoms with E-state index in [-0.39, 0.29) is 16.5 Å². The highest BCUT2D eigenvalue weighted by atomic mass is 32.2. The molecule has 1 aliphatic heterocycles. The molecule has 0 radical (unpaired) electrons. The number of nitrogens with zero attached hydrogens (tertiary/aromatic N) is 2. The zero-order chi connectivity index (χ0) is 14.8. The van der Waals surface area contributed by atoms with Crippen LogP contribution >= 0.6 is 23.5 Å². The number of carbonyl (C=O) groups is 1. The first-order chi connectivity index (χ1) is 10.2. The summed E-state index contributed by atoms with van der Waals surface area (Å²) in [6.45, 7) is 1.96. The Morgan fingerprint density at radius 2 is 2.00 bits per heavy atom. The fourth-order valence-corrected chi connectivity index (χ4v) is 4.05. The van der Waals surface area contributed by atoms with E-state index in [0.29, 0.717) is 0 Å². The number of carbonyl (C=O) groups excluding carboxylic acids is 1. The molecule has 1 amide bonds. The van der Waals surface area contributed by atoms with Crippen molar-refractivity contribution in [3.05, 3.63) is 54.4 Å². The Morgan fingerprint density at radius 3 is 2.62 bits per heavy atom. The minimum absolute atomic E-state index is 0.00123. The van der Waals surface area contributed by atoms with Crippen molar-refractivity contribution in [2.45, 2.75) is 22.4 Å². The largest absolute Gasteiger partial charge is 0.295 e. The summed E-state index contributed by atoms with van der Waals surface area (Å²) in [5.74, 6) is 0.158. The van der Waals surface area contributed by atoms with Gasteiger partial charge < -0.3 is 0 Å². The Morgan fingerprint density at radius 1 is 1.24 bits per heavy atom. The molecule has 3 nitrogen and oxygen atoms in total. The summed E-state index contributed by atoms with van der Waals surface area (Å²) in [6.07, 6.45) is 5.64. The van der Waals surface area contributed by atoms with E-state index in [0.717, 1.165) is 11.3 Å². The number of pyridine rings is 1. The first-order valence-corrected chi connectivity index (χ1v) is 8.90. The third kappa shape index (κ3) is 2.80. The summed E-state index contributed by atoms with van der Waals surface area (Å²) in [7, 11) is 0. The molecule has 1 aliphatic rings. The molecule has 0 aliphatic carbocycles. The lowest BCUT2D eigenvalue weighted by Gasteiger charge is -2.24. The van der Waals surface area contributed by atoms with Crippen LogP contribution in [0.2, 0.25) is 0 Å². The summed E-state index contributed by atoms with van der Waals surface area (Å²) in [6, 6.07) is 12.1. The summed E-state index contributed by atoms with van der Waals surface area (Å²) in [5, 5.41) is -0.0308. The average molecular weight is 316 g/mol. The predicted octanol–water partition coefficient (Wildman–Crippen LogP) is 3.97. The molecule has 0 N–H and O–H groups in total. The highest BCUT2D eigenvalue weighted by Gasteiger charge is 2.39. The average Bonchev–Trinajstić information content (AvgIpc) is 2.84. The van der Waals surface area contributed by atoms with Gasteiger partial charge >= 0.3 is 0 Å². The zero-order valence-electron chi connectivity index (χ0n) is 11.9. The van der Waals surface area contributed by atoms with Gasteiger partial charge in [0, 0.05) is 28.5 Å². The maximum Gasteiger partial charge on any atom is 0.241 e. The lowest BCUT2D eigenvalue weighted by atomic mass is 10.2. The Kier molecular flexibility index (Phi) is 4.22. The molecule has 108 valence electrons. The van der Waals surface area contributed by atoms with Crippen LogP contribution in [0.15, 0.2) is 53.7 Å². The maximum atomic E-state index is 12.5. The molecule has 1 fully saturated rings. The number of rotatable bonds is 3. The number of hydrogen-bond acceptors (Lipinski definition) is 4. The highest BCUT2D eigenvalue weighted by Crippen LogP contribution is 2.45. The first kappa shape index (κ1) is 14.5. The van der Waals surface area contributed by atoms with Gasteiger partial charge in [0.1, 0.15) is 5.37 Å². The van der Waals surface area contributed by atoms with E-state index in [2.05, 4.69) is 17.1 Å². The number of anilines is 1. The molecule has 1 aromatic heterocycles. The fourth-order valence-electron chi connectivity index (χ4n) is 2.38. The van der Waals surface area contributed by atoms with E-state index in [9.17, 15) is 4.79 Å². The topological polar surface area (TPSA) is 33.2 Å². The van der Waals surface area contributed by atoms with Gasteiger partial charge in [-0.05, 0) is 43.5 Å². The van der Waals surface area contributed by atoms with Gasteiger partial charge in [-0.1, -0.05) is 6.07 Å². The molecule has 1 aromatic carbocycles. The van der Waals surface area contributed by atoms with Crippen LogP contribution in [-0.2, 0) is 4.79 Å². The smallest absolute Gasteiger partial charge is 0.241 e. The van der Waals surface area contributed by atoms with Gasteiger partial charge in [-0.3, -0.25) is 14.7 Å². The molecule has 0 bridgehead atoms.